The van der Waals surface area contributed by atoms with Gasteiger partial charge in [0.2, 0.25) is 5.91 Å². The zero-order chi connectivity index (χ0) is 18.3. The van der Waals surface area contributed by atoms with Crippen LogP contribution in [0.25, 0.3) is 0 Å². The van der Waals surface area contributed by atoms with Crippen molar-refractivity contribution < 1.29 is 27.9 Å². The molecule has 0 aliphatic rings. The van der Waals surface area contributed by atoms with Crippen LogP contribution in [0.2, 0.25) is 0 Å². The summed E-state index contributed by atoms with van der Waals surface area (Å²) in [7, 11) is 0. The van der Waals surface area contributed by atoms with Gasteiger partial charge in [0.1, 0.15) is 0 Å². The van der Waals surface area contributed by atoms with Crippen molar-refractivity contribution in [2.45, 2.75) is 32.9 Å². The second kappa shape index (κ2) is 8.68. The maximum Gasteiger partial charge on any atom is 0.416 e. The molecule has 0 saturated heterocycles. The van der Waals surface area contributed by atoms with Gasteiger partial charge in [0.25, 0.3) is 5.91 Å². The van der Waals surface area contributed by atoms with Crippen molar-refractivity contribution in [3.8, 4) is 0 Å². The molecule has 1 aromatic carbocycles. The summed E-state index contributed by atoms with van der Waals surface area (Å²) >= 11 is 0. The first-order valence-electron chi connectivity index (χ1n) is 7.59. The molecular weight excluding hydrogens is 325 g/mol. The van der Waals surface area contributed by atoms with Crippen molar-refractivity contribution in [2.75, 3.05) is 25.0 Å². The first-order valence-corrected chi connectivity index (χ1v) is 7.59. The van der Waals surface area contributed by atoms with Gasteiger partial charge in [-0.1, -0.05) is 13.3 Å². The minimum Gasteiger partial charge on any atom is -0.395 e. The Balaban J connectivity index is 3.23. The number of anilines is 1. The SMILES string of the molecule is CCCCN(CCO)C(=O)c1cc(NC(C)=O)cc(C(F)(F)F)c1. The monoisotopic (exact) mass is 346 g/mol. The van der Waals surface area contributed by atoms with E-state index in [2.05, 4.69) is 5.32 Å². The quantitative estimate of drug-likeness (QED) is 0.798. The van der Waals surface area contributed by atoms with Crippen LogP contribution in [0.5, 0.6) is 0 Å². The lowest BCUT2D eigenvalue weighted by Crippen LogP contribution is -2.34. The number of nitrogens with zero attached hydrogens (tertiary/aromatic N) is 1. The van der Waals surface area contributed by atoms with Crippen molar-refractivity contribution >= 4 is 17.5 Å². The van der Waals surface area contributed by atoms with E-state index >= 15 is 0 Å². The molecule has 24 heavy (non-hydrogen) atoms. The molecule has 0 fully saturated rings. The normalized spacial score (nSPS) is 11.2. The molecule has 0 unspecified atom stereocenters. The van der Waals surface area contributed by atoms with Gasteiger partial charge in [-0.05, 0) is 24.6 Å². The summed E-state index contributed by atoms with van der Waals surface area (Å²) in [6, 6.07) is 2.74. The molecule has 8 heteroatoms. The van der Waals surface area contributed by atoms with Crippen molar-refractivity contribution in [1.29, 1.82) is 0 Å². The number of rotatable bonds is 7. The average Bonchev–Trinajstić information content (AvgIpc) is 2.49. The Morgan fingerprint density at radius 1 is 1.21 bits per heavy atom. The fourth-order valence-corrected chi connectivity index (χ4v) is 2.16. The Kier molecular flexibility index (Phi) is 7.21. The molecule has 0 heterocycles. The fourth-order valence-electron chi connectivity index (χ4n) is 2.16. The topological polar surface area (TPSA) is 69.6 Å². The Morgan fingerprint density at radius 2 is 1.88 bits per heavy atom. The van der Waals surface area contributed by atoms with Crippen LogP contribution in [0.1, 0.15) is 42.6 Å². The molecule has 1 rings (SSSR count). The summed E-state index contributed by atoms with van der Waals surface area (Å²) in [4.78, 5) is 24.9. The number of aliphatic hydroxyl groups is 1. The molecule has 5 nitrogen and oxygen atoms in total. The molecule has 1 aromatic rings. The van der Waals surface area contributed by atoms with Crippen LogP contribution in [0, 0.1) is 0 Å². The number of alkyl halides is 3. The summed E-state index contributed by atoms with van der Waals surface area (Å²) in [5.41, 5.74) is -1.30. The standard InChI is InChI=1S/C16H21F3N2O3/c1-3-4-5-21(6-7-22)15(24)12-8-13(16(17,18)19)10-14(9-12)20-11(2)23/h8-10,22H,3-7H2,1-2H3,(H,20,23). The molecule has 2 amide bonds. The summed E-state index contributed by atoms with van der Waals surface area (Å²) in [5, 5.41) is 11.3. The minimum atomic E-state index is -4.64. The van der Waals surface area contributed by atoms with Crippen molar-refractivity contribution in [3.05, 3.63) is 29.3 Å². The van der Waals surface area contributed by atoms with E-state index in [1.54, 1.807) is 0 Å². The lowest BCUT2D eigenvalue weighted by atomic mass is 10.1. The highest BCUT2D eigenvalue weighted by Crippen LogP contribution is 2.32. The second-order valence-electron chi connectivity index (χ2n) is 5.35. The maximum atomic E-state index is 13.0. The van der Waals surface area contributed by atoms with Crippen molar-refractivity contribution in [1.82, 2.24) is 4.90 Å². The molecule has 0 aliphatic carbocycles. The Morgan fingerprint density at radius 3 is 2.38 bits per heavy atom. The summed E-state index contributed by atoms with van der Waals surface area (Å²) in [6.07, 6.45) is -3.17. The second-order valence-corrected chi connectivity index (χ2v) is 5.35. The third-order valence-electron chi connectivity index (χ3n) is 3.27. The first kappa shape index (κ1) is 20.0. The van der Waals surface area contributed by atoms with Gasteiger partial charge in [-0.25, -0.2) is 0 Å². The number of carbonyl (C=O) groups excluding carboxylic acids is 2. The highest BCUT2D eigenvalue weighted by Gasteiger charge is 2.32. The first-order chi connectivity index (χ1) is 11.2. The van der Waals surface area contributed by atoms with E-state index in [1.807, 2.05) is 6.92 Å². The smallest absolute Gasteiger partial charge is 0.395 e. The largest absolute Gasteiger partial charge is 0.416 e. The molecule has 0 spiro atoms. The van der Waals surface area contributed by atoms with Crippen LogP contribution >= 0.6 is 0 Å². The van der Waals surface area contributed by atoms with Gasteiger partial charge >= 0.3 is 6.18 Å². The summed E-state index contributed by atoms with van der Waals surface area (Å²) in [6.45, 7) is 3.17. The predicted octanol–water partition coefficient (Wildman–Crippen LogP) is 2.90. The van der Waals surface area contributed by atoms with Gasteiger partial charge in [-0.2, -0.15) is 13.2 Å². The fraction of sp³-hybridized carbons (Fsp3) is 0.500. The molecule has 0 radical (unpaired) electrons. The van der Waals surface area contributed by atoms with Crippen molar-refractivity contribution in [3.63, 3.8) is 0 Å². The number of unbranched alkanes of at least 4 members (excludes halogenated alkanes) is 1. The molecule has 2 N–H and O–H groups in total. The maximum absolute atomic E-state index is 13.0. The number of hydrogen-bond donors (Lipinski definition) is 2. The van der Waals surface area contributed by atoms with Gasteiger partial charge in [-0.3, -0.25) is 9.59 Å². The molecule has 0 saturated carbocycles. The Bertz CT molecular complexity index is 588. The number of nitrogens with one attached hydrogen (secondary N) is 1. The minimum absolute atomic E-state index is 0.0323. The van der Waals surface area contributed by atoms with E-state index in [0.717, 1.165) is 18.6 Å². The van der Waals surface area contributed by atoms with E-state index in [4.69, 9.17) is 5.11 Å². The third kappa shape index (κ3) is 5.84. The predicted molar refractivity (Wildman–Crippen MR) is 83.6 cm³/mol. The van der Waals surface area contributed by atoms with E-state index in [0.29, 0.717) is 13.0 Å². The number of carbonyl (C=O) groups is 2. The van der Waals surface area contributed by atoms with Crippen LogP contribution in [0.3, 0.4) is 0 Å². The van der Waals surface area contributed by atoms with Gasteiger partial charge in [0.05, 0.1) is 12.2 Å². The Hall–Kier alpha value is -2.09. The highest BCUT2D eigenvalue weighted by atomic mass is 19.4. The van der Waals surface area contributed by atoms with E-state index in [9.17, 15) is 22.8 Å². The van der Waals surface area contributed by atoms with Gasteiger partial charge in [-0.15, -0.1) is 0 Å². The lowest BCUT2D eigenvalue weighted by molar-refractivity contribution is -0.137. The zero-order valence-corrected chi connectivity index (χ0v) is 13.6. The lowest BCUT2D eigenvalue weighted by Gasteiger charge is -2.22. The zero-order valence-electron chi connectivity index (χ0n) is 13.6. The van der Waals surface area contributed by atoms with Crippen LogP contribution in [-0.2, 0) is 11.0 Å². The number of halogens is 3. The number of amides is 2. The molecule has 0 aliphatic heterocycles. The summed E-state index contributed by atoms with van der Waals surface area (Å²) in [5.74, 6) is -1.15. The van der Waals surface area contributed by atoms with E-state index in [1.165, 1.54) is 17.9 Å². The van der Waals surface area contributed by atoms with Crippen molar-refractivity contribution in [2.24, 2.45) is 0 Å². The van der Waals surface area contributed by atoms with Crippen LogP contribution in [0.15, 0.2) is 18.2 Å². The number of aliphatic hydroxyl groups excluding tert-OH is 1. The molecule has 0 bridgehead atoms. The molecule has 0 atom stereocenters. The van der Waals surface area contributed by atoms with Crippen LogP contribution in [0.4, 0.5) is 18.9 Å². The van der Waals surface area contributed by atoms with Gasteiger partial charge < -0.3 is 15.3 Å². The van der Waals surface area contributed by atoms with Crippen LogP contribution in [-0.4, -0.2) is 41.5 Å². The average molecular weight is 346 g/mol. The van der Waals surface area contributed by atoms with Gasteiger partial charge in [0.15, 0.2) is 0 Å². The van der Waals surface area contributed by atoms with E-state index in [-0.39, 0.29) is 24.4 Å². The molecular formula is C16H21F3N2O3. The number of benzene rings is 1. The summed E-state index contributed by atoms with van der Waals surface area (Å²) < 4.78 is 39.1. The van der Waals surface area contributed by atoms with Gasteiger partial charge in [0, 0.05) is 31.3 Å². The third-order valence-corrected chi connectivity index (χ3v) is 3.27. The Labute approximate surface area is 138 Å². The van der Waals surface area contributed by atoms with E-state index < -0.39 is 23.6 Å². The number of hydrogen-bond acceptors (Lipinski definition) is 3. The van der Waals surface area contributed by atoms with Crippen LogP contribution < -0.4 is 5.32 Å². The molecule has 0 aromatic heterocycles. The highest BCUT2D eigenvalue weighted by molar-refractivity contribution is 5.97. The molecule has 134 valence electrons.